The maximum absolute atomic E-state index is 4.63. The molecule has 0 saturated heterocycles. The van der Waals surface area contributed by atoms with E-state index in [0.29, 0.717) is 0 Å². The van der Waals surface area contributed by atoms with Crippen LogP contribution in [0.4, 0.5) is 11.8 Å². The Balaban J connectivity index is 2.72. The fourth-order valence-electron chi connectivity index (χ4n) is 2.04. The average molecular weight is 279 g/mol. The zero-order chi connectivity index (χ0) is 15.0. The van der Waals surface area contributed by atoms with Crippen LogP contribution in [0.5, 0.6) is 0 Å². The van der Waals surface area contributed by atoms with Crippen LogP contribution in [-0.2, 0) is 0 Å². The minimum absolute atomic E-state index is 0.743. The minimum Gasteiger partial charge on any atom is -0.357 e. The number of aryl methyl sites for hydroxylation is 1. The number of anilines is 2. The molecule has 0 aliphatic heterocycles. The van der Waals surface area contributed by atoms with Gasteiger partial charge in [0.1, 0.15) is 5.82 Å². The first-order chi connectivity index (χ1) is 9.56. The lowest BCUT2D eigenvalue weighted by Crippen LogP contribution is -2.28. The second-order valence-corrected chi connectivity index (χ2v) is 5.35. The van der Waals surface area contributed by atoms with E-state index in [1.807, 2.05) is 6.92 Å². The molecule has 1 aromatic rings. The molecule has 0 bridgehead atoms. The summed E-state index contributed by atoms with van der Waals surface area (Å²) in [5.74, 6) is 1.77. The van der Waals surface area contributed by atoms with E-state index >= 15 is 0 Å². The van der Waals surface area contributed by atoms with Gasteiger partial charge < -0.3 is 15.1 Å². The number of nitrogens with zero attached hydrogens (tertiary/aromatic N) is 4. The van der Waals surface area contributed by atoms with E-state index in [0.717, 1.165) is 56.5 Å². The van der Waals surface area contributed by atoms with Crippen LogP contribution in [0.15, 0.2) is 6.07 Å². The summed E-state index contributed by atoms with van der Waals surface area (Å²) in [5, 5.41) is 3.27. The van der Waals surface area contributed by atoms with Gasteiger partial charge in [-0.3, -0.25) is 0 Å². The molecule has 1 rings (SSSR count). The molecule has 0 aliphatic carbocycles. The van der Waals surface area contributed by atoms with E-state index < -0.39 is 0 Å². The van der Waals surface area contributed by atoms with Gasteiger partial charge in [-0.15, -0.1) is 0 Å². The molecule has 1 N–H and O–H groups in total. The molecular formula is C15H29N5. The molecule has 1 aromatic heterocycles. The van der Waals surface area contributed by atoms with Crippen LogP contribution in [0.2, 0.25) is 0 Å². The summed E-state index contributed by atoms with van der Waals surface area (Å²) in [7, 11) is 4.22. The van der Waals surface area contributed by atoms with Crippen molar-refractivity contribution in [3.8, 4) is 0 Å². The molecule has 0 radical (unpaired) electrons. The van der Waals surface area contributed by atoms with Gasteiger partial charge in [0, 0.05) is 31.4 Å². The normalized spacial score (nSPS) is 10.9. The van der Waals surface area contributed by atoms with E-state index in [9.17, 15) is 0 Å². The smallest absolute Gasteiger partial charge is 0.224 e. The molecule has 0 fully saturated rings. The Bertz CT molecular complexity index is 392. The molecule has 0 saturated carbocycles. The van der Waals surface area contributed by atoms with Crippen molar-refractivity contribution in [2.75, 3.05) is 50.5 Å². The average Bonchev–Trinajstić information content (AvgIpc) is 2.40. The van der Waals surface area contributed by atoms with Crippen molar-refractivity contribution >= 4 is 11.8 Å². The second-order valence-electron chi connectivity index (χ2n) is 5.35. The lowest BCUT2D eigenvalue weighted by atomic mass is 10.3. The number of nitrogens with one attached hydrogen (secondary N) is 1. The Labute approximate surface area is 123 Å². The van der Waals surface area contributed by atoms with Crippen LogP contribution in [0, 0.1) is 6.92 Å². The maximum atomic E-state index is 4.63. The molecule has 0 amide bonds. The first-order valence-electron chi connectivity index (χ1n) is 7.56. The summed E-state index contributed by atoms with van der Waals surface area (Å²) >= 11 is 0. The van der Waals surface area contributed by atoms with Gasteiger partial charge in [0.2, 0.25) is 5.95 Å². The lowest BCUT2D eigenvalue weighted by molar-refractivity contribution is 0.400. The third-order valence-corrected chi connectivity index (χ3v) is 3.11. The molecule has 0 atom stereocenters. The lowest BCUT2D eigenvalue weighted by Gasteiger charge is -2.23. The molecular weight excluding hydrogens is 250 g/mol. The van der Waals surface area contributed by atoms with Gasteiger partial charge >= 0.3 is 0 Å². The van der Waals surface area contributed by atoms with Crippen LogP contribution >= 0.6 is 0 Å². The summed E-state index contributed by atoms with van der Waals surface area (Å²) in [6.07, 6.45) is 2.22. The Morgan fingerprint density at radius 2 is 1.90 bits per heavy atom. The van der Waals surface area contributed by atoms with Gasteiger partial charge in [0.05, 0.1) is 0 Å². The standard InChI is InChI=1S/C15H29N5/c1-6-9-16-15-17-13(3)12-14(18-15)20(7-2)11-8-10-19(4)5/h12H,6-11H2,1-5H3,(H,16,17,18). The Morgan fingerprint density at radius 3 is 2.50 bits per heavy atom. The Kier molecular flexibility index (Phi) is 7.30. The predicted molar refractivity (Wildman–Crippen MR) is 86.6 cm³/mol. The number of hydrogen-bond donors (Lipinski definition) is 1. The fourth-order valence-corrected chi connectivity index (χ4v) is 2.04. The van der Waals surface area contributed by atoms with E-state index in [1.165, 1.54) is 0 Å². The molecule has 0 unspecified atom stereocenters. The minimum atomic E-state index is 0.743. The van der Waals surface area contributed by atoms with Crippen molar-refractivity contribution in [3.63, 3.8) is 0 Å². The Hall–Kier alpha value is -1.36. The van der Waals surface area contributed by atoms with Gasteiger partial charge in [-0.2, -0.15) is 4.98 Å². The topological polar surface area (TPSA) is 44.3 Å². The summed E-state index contributed by atoms with van der Waals surface area (Å²) in [6, 6.07) is 2.07. The molecule has 20 heavy (non-hydrogen) atoms. The van der Waals surface area contributed by atoms with Gasteiger partial charge in [-0.05, 0) is 47.3 Å². The van der Waals surface area contributed by atoms with Crippen LogP contribution < -0.4 is 10.2 Å². The zero-order valence-electron chi connectivity index (χ0n) is 13.6. The van der Waals surface area contributed by atoms with E-state index in [1.54, 1.807) is 0 Å². The molecule has 0 aliphatic rings. The summed E-state index contributed by atoms with van der Waals surface area (Å²) in [4.78, 5) is 13.6. The van der Waals surface area contributed by atoms with Gasteiger partial charge in [0.15, 0.2) is 0 Å². The van der Waals surface area contributed by atoms with Crippen molar-refractivity contribution in [2.45, 2.75) is 33.6 Å². The largest absolute Gasteiger partial charge is 0.357 e. The van der Waals surface area contributed by atoms with E-state index in [2.05, 4.69) is 59.1 Å². The number of rotatable bonds is 9. The summed E-state index contributed by atoms with van der Waals surface area (Å²) in [5.41, 5.74) is 1.01. The summed E-state index contributed by atoms with van der Waals surface area (Å²) < 4.78 is 0. The van der Waals surface area contributed by atoms with Crippen LogP contribution in [-0.4, -0.2) is 55.1 Å². The second kappa shape index (κ2) is 8.74. The van der Waals surface area contributed by atoms with Crippen molar-refractivity contribution in [1.29, 1.82) is 0 Å². The molecule has 0 aromatic carbocycles. The Morgan fingerprint density at radius 1 is 1.15 bits per heavy atom. The highest BCUT2D eigenvalue weighted by Crippen LogP contribution is 2.15. The fraction of sp³-hybridized carbons (Fsp3) is 0.733. The van der Waals surface area contributed by atoms with E-state index in [4.69, 9.17) is 0 Å². The number of hydrogen-bond acceptors (Lipinski definition) is 5. The summed E-state index contributed by atoms with van der Waals surface area (Å²) in [6.45, 7) is 10.3. The zero-order valence-corrected chi connectivity index (χ0v) is 13.6. The molecule has 0 spiro atoms. The highest BCUT2D eigenvalue weighted by atomic mass is 15.2. The van der Waals surface area contributed by atoms with Crippen molar-refractivity contribution in [2.24, 2.45) is 0 Å². The van der Waals surface area contributed by atoms with Crippen LogP contribution in [0.3, 0.4) is 0 Å². The monoisotopic (exact) mass is 279 g/mol. The van der Waals surface area contributed by atoms with Crippen LogP contribution in [0.25, 0.3) is 0 Å². The first-order valence-corrected chi connectivity index (χ1v) is 7.56. The molecule has 114 valence electrons. The maximum Gasteiger partial charge on any atom is 0.224 e. The highest BCUT2D eigenvalue weighted by Gasteiger charge is 2.09. The molecule has 1 heterocycles. The van der Waals surface area contributed by atoms with Crippen LogP contribution in [0.1, 0.15) is 32.4 Å². The van der Waals surface area contributed by atoms with Gasteiger partial charge in [-0.25, -0.2) is 4.98 Å². The van der Waals surface area contributed by atoms with Crippen molar-refractivity contribution < 1.29 is 0 Å². The van der Waals surface area contributed by atoms with Crippen molar-refractivity contribution in [1.82, 2.24) is 14.9 Å². The van der Waals surface area contributed by atoms with Gasteiger partial charge in [-0.1, -0.05) is 6.92 Å². The molecule has 5 nitrogen and oxygen atoms in total. The third-order valence-electron chi connectivity index (χ3n) is 3.11. The SMILES string of the molecule is CCCNc1nc(C)cc(N(CC)CCCN(C)C)n1. The third kappa shape index (κ3) is 5.74. The van der Waals surface area contributed by atoms with Crippen molar-refractivity contribution in [3.05, 3.63) is 11.8 Å². The van der Waals surface area contributed by atoms with Gasteiger partial charge in [0.25, 0.3) is 0 Å². The quantitative estimate of drug-likeness (QED) is 0.752. The first kappa shape index (κ1) is 16.7. The van der Waals surface area contributed by atoms with E-state index in [-0.39, 0.29) is 0 Å². The number of aromatic nitrogens is 2. The predicted octanol–water partition coefficient (Wildman–Crippen LogP) is 2.38. The highest BCUT2D eigenvalue weighted by molar-refractivity contribution is 5.44. The molecule has 5 heteroatoms.